The molecule has 0 spiro atoms. The van der Waals surface area contributed by atoms with E-state index in [4.69, 9.17) is 8.53 Å². The highest BCUT2D eigenvalue weighted by atomic mass is 16.4. The zero-order valence-corrected chi connectivity index (χ0v) is 14.4. The number of pyridine rings is 1. The van der Waals surface area contributed by atoms with E-state index < -0.39 is 6.85 Å². The van der Waals surface area contributed by atoms with Crippen molar-refractivity contribution < 1.29 is 13.1 Å². The Labute approximate surface area is 147 Å². The van der Waals surface area contributed by atoms with Gasteiger partial charge in [-0.3, -0.25) is 0 Å². The minimum atomic E-state index is -2.12. The minimum Gasteiger partial charge on any atom is -0.441 e. The third kappa shape index (κ3) is 2.09. The number of rotatable bonds is 1. The summed E-state index contributed by atoms with van der Waals surface area (Å²) in [4.78, 5) is 2.13. The van der Waals surface area contributed by atoms with Gasteiger partial charge in [-0.25, -0.2) is 4.57 Å². The van der Waals surface area contributed by atoms with Gasteiger partial charge in [0.05, 0.1) is 0 Å². The Morgan fingerprint density at radius 2 is 2.00 bits per heavy atom. The topological polar surface area (TPSA) is 20.3 Å². The number of hydrogen-bond donors (Lipinski definition) is 0. The zero-order valence-electron chi connectivity index (χ0n) is 17.4. The fourth-order valence-electron chi connectivity index (χ4n) is 3.66. The quantitative estimate of drug-likeness (QED) is 0.507. The van der Waals surface area contributed by atoms with Gasteiger partial charge in [0, 0.05) is 26.7 Å². The molecule has 0 N–H and O–H groups in total. The largest absolute Gasteiger partial charge is 0.441 e. The molecule has 3 heterocycles. The predicted molar refractivity (Wildman–Crippen MR) is 101 cm³/mol. The summed E-state index contributed by atoms with van der Waals surface area (Å²) in [6, 6.07) is 10.0. The van der Waals surface area contributed by atoms with Gasteiger partial charge in [-0.1, -0.05) is 29.7 Å². The first-order valence-electron chi connectivity index (χ1n) is 9.61. The van der Waals surface area contributed by atoms with E-state index >= 15 is 0 Å². The fraction of sp³-hybridized carbons (Fsp3) is 0.250. The van der Waals surface area contributed by atoms with Crippen molar-refractivity contribution in [2.75, 3.05) is 11.9 Å². The third-order valence-corrected chi connectivity index (χ3v) is 4.92. The molecule has 3 nitrogen and oxygen atoms in total. The molecular formula is C20H22BN2O+. The van der Waals surface area contributed by atoms with Gasteiger partial charge >= 0.3 is 6.85 Å². The van der Waals surface area contributed by atoms with Gasteiger partial charge in [0.2, 0.25) is 0 Å². The summed E-state index contributed by atoms with van der Waals surface area (Å²) in [5, 5.41) is 1.11. The molecule has 1 aliphatic heterocycles. The summed E-state index contributed by atoms with van der Waals surface area (Å²) in [6.07, 6.45) is 3.91. The molecule has 0 unspecified atom stereocenters. The van der Waals surface area contributed by atoms with Crippen molar-refractivity contribution in [3.63, 3.8) is 0 Å². The minimum absolute atomic E-state index is 0.0209. The average molecular weight is 320 g/mol. The molecule has 0 amide bonds. The van der Waals surface area contributed by atoms with E-state index in [0.29, 0.717) is 5.56 Å². The number of anilines is 1. The van der Waals surface area contributed by atoms with Crippen LogP contribution in [0, 0.1) is 13.8 Å². The molecule has 0 aliphatic carbocycles. The highest BCUT2D eigenvalue weighted by molar-refractivity contribution is 6.82. The van der Waals surface area contributed by atoms with Crippen LogP contribution in [0.25, 0.3) is 17.0 Å². The number of hydrogen-bond acceptors (Lipinski definition) is 2. The normalized spacial score (nSPS) is 16.5. The number of aryl methyl sites for hydroxylation is 3. The van der Waals surface area contributed by atoms with E-state index in [1.54, 1.807) is 6.20 Å². The Bertz CT molecular complexity index is 1080. The van der Waals surface area contributed by atoms with Crippen molar-refractivity contribution >= 4 is 35.4 Å². The molecule has 0 atom stereocenters. The smallest absolute Gasteiger partial charge is 0.401 e. The average Bonchev–Trinajstić information content (AvgIpc) is 2.95. The molecule has 1 aliphatic rings. The number of para-hydroxylation sites is 1. The molecule has 1 aromatic carbocycles. The molecule has 120 valence electrons. The Balaban J connectivity index is 1.86. The monoisotopic (exact) mass is 320 g/mol. The van der Waals surface area contributed by atoms with Gasteiger partial charge in [0.25, 0.3) is 0 Å². The van der Waals surface area contributed by atoms with Gasteiger partial charge in [-0.15, -0.1) is 0 Å². The SMILES string of the molecule is [2H]C([2H])([2H])c1c[n+](C)c(B2C(C)=Cc3c(oc4ccccc34)N2C)cc1C. The van der Waals surface area contributed by atoms with Crippen LogP contribution in [0.5, 0.6) is 0 Å². The number of fused-ring (bicyclic) bond motifs is 3. The van der Waals surface area contributed by atoms with Gasteiger partial charge in [-0.05, 0) is 39.4 Å². The van der Waals surface area contributed by atoms with Crippen LogP contribution in [-0.2, 0) is 7.05 Å². The Kier molecular flexibility index (Phi) is 2.62. The van der Waals surface area contributed by atoms with Crippen molar-refractivity contribution in [3.05, 3.63) is 58.7 Å². The van der Waals surface area contributed by atoms with Crippen molar-refractivity contribution in [1.29, 1.82) is 0 Å². The molecular weight excluding hydrogens is 295 g/mol. The van der Waals surface area contributed by atoms with Crippen molar-refractivity contribution in [1.82, 2.24) is 0 Å². The number of aromatic nitrogens is 1. The van der Waals surface area contributed by atoms with Crippen molar-refractivity contribution in [2.45, 2.75) is 20.7 Å². The van der Waals surface area contributed by atoms with Crippen LogP contribution in [-0.4, -0.2) is 13.9 Å². The maximum atomic E-state index is 7.75. The second-order valence-corrected chi connectivity index (χ2v) is 6.62. The van der Waals surface area contributed by atoms with Gasteiger partial charge < -0.3 is 9.23 Å². The van der Waals surface area contributed by atoms with Crippen LogP contribution < -0.4 is 15.0 Å². The van der Waals surface area contributed by atoms with Crippen LogP contribution in [0.15, 0.2) is 46.4 Å². The van der Waals surface area contributed by atoms with Crippen molar-refractivity contribution in [2.24, 2.45) is 7.05 Å². The van der Waals surface area contributed by atoms with E-state index in [1.807, 2.05) is 49.9 Å². The molecule has 4 heteroatoms. The molecule has 0 saturated carbocycles. The number of allylic oxidation sites excluding steroid dienone is 1. The standard InChI is InChI=1S/C20H22BN2O/c1-13-10-19(22(4)12-14(13)2)21-15(3)11-17-16-8-6-7-9-18(16)24-20(17)23(21)5/h6-12H,1-5H3/q+1/i2D3. The maximum absolute atomic E-state index is 7.75. The second-order valence-electron chi connectivity index (χ2n) is 6.62. The molecule has 0 saturated heterocycles. The lowest BCUT2D eigenvalue weighted by molar-refractivity contribution is -0.654. The summed E-state index contributed by atoms with van der Waals surface area (Å²) in [5.41, 5.74) is 5.35. The maximum Gasteiger partial charge on any atom is 0.401 e. The summed E-state index contributed by atoms with van der Waals surface area (Å²) in [7, 11) is 3.93. The first kappa shape index (κ1) is 12.0. The lowest BCUT2D eigenvalue weighted by atomic mass is 9.49. The van der Waals surface area contributed by atoms with Crippen LogP contribution in [0.3, 0.4) is 0 Å². The molecule has 24 heavy (non-hydrogen) atoms. The third-order valence-electron chi connectivity index (χ3n) is 4.92. The number of benzene rings is 1. The van der Waals surface area contributed by atoms with E-state index in [2.05, 4.69) is 23.9 Å². The molecule has 0 bridgehead atoms. The Morgan fingerprint density at radius 3 is 2.79 bits per heavy atom. The second kappa shape index (κ2) is 5.27. The van der Waals surface area contributed by atoms with Gasteiger partial charge in [0.15, 0.2) is 17.7 Å². The highest BCUT2D eigenvalue weighted by Gasteiger charge is 2.39. The van der Waals surface area contributed by atoms with Crippen LogP contribution >= 0.6 is 0 Å². The molecule has 2 aromatic heterocycles. The van der Waals surface area contributed by atoms with Crippen LogP contribution in [0.1, 0.15) is 27.7 Å². The molecule has 3 aromatic rings. The first-order chi connectivity index (χ1) is 12.7. The van der Waals surface area contributed by atoms with Crippen molar-refractivity contribution in [3.8, 4) is 0 Å². The number of furan rings is 1. The van der Waals surface area contributed by atoms with E-state index in [0.717, 1.165) is 33.6 Å². The van der Waals surface area contributed by atoms with Gasteiger partial charge in [0.1, 0.15) is 12.6 Å². The zero-order chi connectivity index (χ0) is 19.5. The molecule has 0 radical (unpaired) electrons. The summed E-state index contributed by atoms with van der Waals surface area (Å²) in [5.74, 6) is 0.837. The predicted octanol–water partition coefficient (Wildman–Crippen LogP) is 3.17. The first-order valence-corrected chi connectivity index (χ1v) is 8.11. The van der Waals surface area contributed by atoms with E-state index in [-0.39, 0.29) is 6.85 Å². The Morgan fingerprint density at radius 1 is 1.21 bits per heavy atom. The molecule has 4 rings (SSSR count). The summed E-state index contributed by atoms with van der Waals surface area (Å²) in [6.45, 7) is 1.83. The highest BCUT2D eigenvalue weighted by Crippen LogP contribution is 2.37. The van der Waals surface area contributed by atoms with E-state index in [1.165, 1.54) is 5.47 Å². The van der Waals surface area contributed by atoms with Gasteiger partial charge in [-0.2, -0.15) is 0 Å². The number of nitrogens with zero attached hydrogens (tertiary/aromatic N) is 2. The summed E-state index contributed by atoms with van der Waals surface area (Å²) >= 11 is 0. The van der Waals surface area contributed by atoms with Crippen LogP contribution in [0.2, 0.25) is 0 Å². The van der Waals surface area contributed by atoms with E-state index in [9.17, 15) is 0 Å². The lowest BCUT2D eigenvalue weighted by Gasteiger charge is -2.28. The van der Waals surface area contributed by atoms with Crippen LogP contribution in [0.4, 0.5) is 5.88 Å². The Hall–Kier alpha value is -2.49. The molecule has 0 fully saturated rings. The fourth-order valence-corrected chi connectivity index (χ4v) is 3.66. The lowest BCUT2D eigenvalue weighted by Crippen LogP contribution is -2.62. The summed E-state index contributed by atoms with van der Waals surface area (Å²) < 4.78 is 31.3.